The molecular formula is C17H19Cl2N5O3. The Morgan fingerprint density at radius 3 is 2.59 bits per heavy atom. The van der Waals surface area contributed by atoms with E-state index in [1.54, 1.807) is 29.8 Å². The number of aromatic nitrogens is 4. The predicted octanol–water partition coefficient (Wildman–Crippen LogP) is 1.58. The van der Waals surface area contributed by atoms with Gasteiger partial charge in [0.25, 0.3) is 5.56 Å². The van der Waals surface area contributed by atoms with Gasteiger partial charge in [0.2, 0.25) is 5.95 Å². The van der Waals surface area contributed by atoms with Crippen LogP contribution in [0.3, 0.4) is 0 Å². The van der Waals surface area contributed by atoms with E-state index in [0.717, 1.165) is 10.1 Å². The number of hydrogen-bond acceptors (Lipinski definition) is 5. The molecule has 3 aromatic rings. The van der Waals surface area contributed by atoms with Crippen LogP contribution in [-0.2, 0) is 20.6 Å². The van der Waals surface area contributed by atoms with Gasteiger partial charge in [-0.3, -0.25) is 18.5 Å². The van der Waals surface area contributed by atoms with E-state index in [2.05, 4.69) is 10.3 Å². The van der Waals surface area contributed by atoms with Crippen LogP contribution < -0.4 is 16.6 Å². The molecule has 8 nitrogen and oxygen atoms in total. The molecule has 2 aromatic heterocycles. The van der Waals surface area contributed by atoms with Gasteiger partial charge >= 0.3 is 5.69 Å². The third-order valence-electron chi connectivity index (χ3n) is 4.31. The lowest BCUT2D eigenvalue weighted by atomic mass is 10.2. The van der Waals surface area contributed by atoms with Crippen molar-refractivity contribution in [1.82, 2.24) is 18.7 Å². The fourth-order valence-electron chi connectivity index (χ4n) is 2.83. The molecule has 3 rings (SSSR count). The lowest BCUT2D eigenvalue weighted by Gasteiger charge is -2.12. The maximum Gasteiger partial charge on any atom is 0.332 e. The molecule has 144 valence electrons. The summed E-state index contributed by atoms with van der Waals surface area (Å²) in [5.41, 5.74) is 0.419. The normalized spacial score (nSPS) is 11.3. The minimum absolute atomic E-state index is 0.0243. The Labute approximate surface area is 164 Å². The Bertz CT molecular complexity index is 1120. The van der Waals surface area contributed by atoms with Crippen molar-refractivity contribution in [3.05, 3.63) is 54.6 Å². The smallest absolute Gasteiger partial charge is 0.332 e. The van der Waals surface area contributed by atoms with Crippen molar-refractivity contribution >= 4 is 40.3 Å². The average molecular weight is 412 g/mol. The van der Waals surface area contributed by atoms with Crippen molar-refractivity contribution in [2.45, 2.75) is 13.0 Å². The Balaban J connectivity index is 2.22. The van der Waals surface area contributed by atoms with Crippen molar-refractivity contribution in [3.63, 3.8) is 0 Å². The second kappa shape index (κ2) is 7.75. The molecule has 27 heavy (non-hydrogen) atoms. The van der Waals surface area contributed by atoms with E-state index in [9.17, 15) is 9.59 Å². The van der Waals surface area contributed by atoms with E-state index in [0.29, 0.717) is 29.0 Å². The lowest BCUT2D eigenvalue weighted by molar-refractivity contribution is 0.292. The fourth-order valence-corrected chi connectivity index (χ4v) is 3.30. The summed E-state index contributed by atoms with van der Waals surface area (Å²) in [4.78, 5) is 29.4. The first kappa shape index (κ1) is 19.5. The summed E-state index contributed by atoms with van der Waals surface area (Å²) < 4.78 is 4.05. The van der Waals surface area contributed by atoms with E-state index >= 15 is 0 Å². The minimum Gasteiger partial charge on any atom is -0.396 e. The van der Waals surface area contributed by atoms with Crippen molar-refractivity contribution in [3.8, 4) is 0 Å². The maximum atomic E-state index is 12.8. The Hall–Kier alpha value is -2.29. The first-order valence-electron chi connectivity index (χ1n) is 8.30. The van der Waals surface area contributed by atoms with Gasteiger partial charge in [-0.05, 0) is 24.1 Å². The monoisotopic (exact) mass is 411 g/mol. The molecule has 0 bridgehead atoms. The number of nitrogens with one attached hydrogen (secondary N) is 1. The first-order chi connectivity index (χ1) is 12.8. The molecule has 0 aliphatic carbocycles. The molecule has 0 unspecified atom stereocenters. The minimum atomic E-state index is -0.455. The number of aliphatic hydroxyl groups excluding tert-OH is 1. The molecule has 10 heteroatoms. The zero-order chi connectivity index (χ0) is 19.7. The van der Waals surface area contributed by atoms with Gasteiger partial charge in [-0.1, -0.05) is 29.3 Å². The molecule has 2 heterocycles. The van der Waals surface area contributed by atoms with Crippen molar-refractivity contribution in [1.29, 1.82) is 0 Å². The molecule has 0 fully saturated rings. The van der Waals surface area contributed by atoms with Gasteiger partial charge in [0.05, 0.1) is 6.54 Å². The zero-order valence-corrected chi connectivity index (χ0v) is 16.4. The Kier molecular flexibility index (Phi) is 5.59. The van der Waals surface area contributed by atoms with Gasteiger partial charge < -0.3 is 10.4 Å². The predicted molar refractivity (Wildman–Crippen MR) is 106 cm³/mol. The van der Waals surface area contributed by atoms with Crippen LogP contribution in [0.25, 0.3) is 11.2 Å². The van der Waals surface area contributed by atoms with Crippen LogP contribution in [0.15, 0.2) is 27.8 Å². The summed E-state index contributed by atoms with van der Waals surface area (Å²) in [6.07, 6.45) is 0.516. The maximum absolute atomic E-state index is 12.8. The van der Waals surface area contributed by atoms with Gasteiger partial charge in [-0.2, -0.15) is 4.98 Å². The topological polar surface area (TPSA) is 94.1 Å². The molecule has 1 aromatic carbocycles. The number of aryl methyl sites for hydroxylation is 1. The van der Waals surface area contributed by atoms with Crippen LogP contribution in [0.1, 0.15) is 12.0 Å². The van der Waals surface area contributed by atoms with Crippen LogP contribution in [-0.4, -0.2) is 36.9 Å². The average Bonchev–Trinajstić information content (AvgIpc) is 2.99. The molecule has 2 N–H and O–H groups in total. The van der Waals surface area contributed by atoms with Crippen LogP contribution >= 0.6 is 23.2 Å². The molecule has 0 spiro atoms. The van der Waals surface area contributed by atoms with Gasteiger partial charge in [0.15, 0.2) is 11.2 Å². The Morgan fingerprint density at radius 1 is 1.19 bits per heavy atom. The van der Waals surface area contributed by atoms with Gasteiger partial charge in [-0.25, -0.2) is 4.79 Å². The molecule has 0 saturated carbocycles. The molecule has 0 atom stereocenters. The van der Waals surface area contributed by atoms with Gasteiger partial charge in [0.1, 0.15) is 0 Å². The highest BCUT2D eigenvalue weighted by Crippen LogP contribution is 2.24. The van der Waals surface area contributed by atoms with Crippen LogP contribution in [0.5, 0.6) is 0 Å². The molecule has 0 amide bonds. The number of imidazole rings is 1. The molecular weight excluding hydrogens is 393 g/mol. The lowest BCUT2D eigenvalue weighted by Crippen LogP contribution is -2.37. The SMILES string of the molecule is Cn1c(=O)c2c(nc(NCCCO)n2Cc2ccc(Cl)cc2Cl)n(C)c1=O. The summed E-state index contributed by atoms with van der Waals surface area (Å²) >= 11 is 12.3. The van der Waals surface area contributed by atoms with Crippen LogP contribution in [0.2, 0.25) is 10.0 Å². The standard InChI is InChI=1S/C17H19Cl2N5O3/c1-22-14-13(15(26)23(2)17(22)27)24(16(21-14)20-6-3-7-25)9-10-4-5-11(18)8-12(10)19/h4-5,8,25H,3,6-7,9H2,1-2H3,(H,20,21). The highest BCUT2D eigenvalue weighted by molar-refractivity contribution is 6.35. The summed E-state index contributed by atoms with van der Waals surface area (Å²) in [5.74, 6) is 0.419. The fraction of sp³-hybridized carbons (Fsp3) is 0.353. The van der Waals surface area contributed by atoms with Gasteiger partial charge in [0, 0.05) is 37.3 Å². The number of benzene rings is 1. The quantitative estimate of drug-likeness (QED) is 0.600. The third kappa shape index (κ3) is 3.60. The summed E-state index contributed by atoms with van der Waals surface area (Å²) in [6.45, 7) is 0.750. The summed E-state index contributed by atoms with van der Waals surface area (Å²) in [7, 11) is 2.99. The summed E-state index contributed by atoms with van der Waals surface area (Å²) in [5, 5.41) is 13.1. The van der Waals surface area contributed by atoms with Crippen molar-refractivity contribution < 1.29 is 5.11 Å². The van der Waals surface area contributed by atoms with E-state index in [1.807, 2.05) is 0 Å². The van der Waals surface area contributed by atoms with E-state index in [-0.39, 0.29) is 24.3 Å². The highest BCUT2D eigenvalue weighted by Gasteiger charge is 2.19. The number of aliphatic hydroxyl groups is 1. The second-order valence-electron chi connectivity index (χ2n) is 6.14. The largest absolute Gasteiger partial charge is 0.396 e. The number of anilines is 1. The van der Waals surface area contributed by atoms with Crippen LogP contribution in [0, 0.1) is 0 Å². The zero-order valence-electron chi connectivity index (χ0n) is 14.9. The molecule has 0 saturated heterocycles. The number of hydrogen-bond donors (Lipinski definition) is 2. The van der Waals surface area contributed by atoms with E-state index in [1.165, 1.54) is 11.6 Å². The number of nitrogens with zero attached hydrogens (tertiary/aromatic N) is 4. The van der Waals surface area contributed by atoms with Gasteiger partial charge in [-0.15, -0.1) is 0 Å². The number of halogens is 2. The number of rotatable bonds is 6. The molecule has 0 radical (unpaired) electrons. The second-order valence-corrected chi connectivity index (χ2v) is 6.98. The Morgan fingerprint density at radius 2 is 1.93 bits per heavy atom. The third-order valence-corrected chi connectivity index (χ3v) is 4.90. The first-order valence-corrected chi connectivity index (χ1v) is 9.05. The molecule has 0 aliphatic rings. The van der Waals surface area contributed by atoms with E-state index in [4.69, 9.17) is 28.3 Å². The van der Waals surface area contributed by atoms with Crippen molar-refractivity contribution in [2.75, 3.05) is 18.5 Å². The van der Waals surface area contributed by atoms with E-state index < -0.39 is 11.2 Å². The number of fused-ring (bicyclic) bond motifs is 1. The molecule has 0 aliphatic heterocycles. The van der Waals surface area contributed by atoms with Crippen molar-refractivity contribution in [2.24, 2.45) is 14.1 Å². The van der Waals surface area contributed by atoms with Crippen LogP contribution in [0.4, 0.5) is 5.95 Å². The summed E-state index contributed by atoms with van der Waals surface area (Å²) in [6, 6.07) is 5.12. The highest BCUT2D eigenvalue weighted by atomic mass is 35.5.